The highest BCUT2D eigenvalue weighted by molar-refractivity contribution is 7.92. The van der Waals surface area contributed by atoms with Gasteiger partial charge in [-0.1, -0.05) is 41.2 Å². The van der Waals surface area contributed by atoms with Crippen molar-refractivity contribution in [3.05, 3.63) is 88.5 Å². The average Bonchev–Trinajstić information content (AvgIpc) is 3.02. The Bertz CT molecular complexity index is 1470. The summed E-state index contributed by atoms with van der Waals surface area (Å²) in [7, 11) is -2.15. The smallest absolute Gasteiger partial charge is 0.281 e. The summed E-state index contributed by atoms with van der Waals surface area (Å²) in [6.07, 6.45) is 0. The highest BCUT2D eigenvalue weighted by Gasteiger charge is 2.18. The number of hydrogen-bond acceptors (Lipinski definition) is 4. The Labute approximate surface area is 182 Å². The first-order chi connectivity index (χ1) is 14.7. The number of sulfonamides is 1. The Morgan fingerprint density at radius 1 is 1.06 bits per heavy atom. The Balaban J connectivity index is 1.72. The molecule has 0 unspecified atom stereocenters. The van der Waals surface area contributed by atoms with Crippen molar-refractivity contribution in [2.24, 2.45) is 12.0 Å². The van der Waals surface area contributed by atoms with E-state index < -0.39 is 15.9 Å². The van der Waals surface area contributed by atoms with Gasteiger partial charge in [-0.2, -0.15) is 4.99 Å². The molecule has 0 spiro atoms. The average molecular weight is 456 g/mol. The number of aromatic nitrogens is 1. The molecule has 9 heteroatoms. The highest BCUT2D eigenvalue weighted by Crippen LogP contribution is 2.22. The van der Waals surface area contributed by atoms with Crippen molar-refractivity contribution in [3.63, 3.8) is 0 Å². The number of benzene rings is 3. The summed E-state index contributed by atoms with van der Waals surface area (Å²) in [6, 6.07) is 17.0. The number of nitrogens with zero attached hydrogens (tertiary/aromatic N) is 2. The molecule has 0 aliphatic heterocycles. The lowest BCUT2D eigenvalue weighted by atomic mass is 10.2. The highest BCUT2D eigenvalue weighted by atomic mass is 32.2. The van der Waals surface area contributed by atoms with E-state index in [2.05, 4.69) is 9.71 Å². The maximum Gasteiger partial charge on any atom is 0.281 e. The van der Waals surface area contributed by atoms with Crippen LogP contribution >= 0.6 is 11.3 Å². The van der Waals surface area contributed by atoms with E-state index in [0.29, 0.717) is 9.50 Å². The van der Waals surface area contributed by atoms with Gasteiger partial charge in [-0.05, 0) is 49.4 Å². The van der Waals surface area contributed by atoms with Crippen LogP contribution < -0.4 is 9.52 Å². The normalized spacial score (nSPS) is 12.3. The second-order valence-electron chi connectivity index (χ2n) is 6.94. The molecule has 0 saturated carbocycles. The van der Waals surface area contributed by atoms with Crippen molar-refractivity contribution in [1.82, 2.24) is 4.57 Å². The van der Waals surface area contributed by atoms with Crippen LogP contribution in [0.4, 0.5) is 10.1 Å². The van der Waals surface area contributed by atoms with Gasteiger partial charge in [-0.25, -0.2) is 12.8 Å². The minimum atomic E-state index is -3.88. The Morgan fingerprint density at radius 2 is 1.77 bits per heavy atom. The predicted octanol–water partition coefficient (Wildman–Crippen LogP) is 4.23. The van der Waals surface area contributed by atoms with Crippen molar-refractivity contribution in [2.45, 2.75) is 11.8 Å². The van der Waals surface area contributed by atoms with Crippen LogP contribution in [-0.4, -0.2) is 18.9 Å². The first-order valence-corrected chi connectivity index (χ1v) is 11.6. The quantitative estimate of drug-likeness (QED) is 0.500. The molecule has 4 rings (SSSR count). The van der Waals surface area contributed by atoms with E-state index in [0.717, 1.165) is 11.1 Å². The number of hydrogen-bond donors (Lipinski definition) is 1. The van der Waals surface area contributed by atoms with Gasteiger partial charge in [0, 0.05) is 7.05 Å². The summed E-state index contributed by atoms with van der Waals surface area (Å²) in [5.74, 6) is -0.979. The third-order valence-electron chi connectivity index (χ3n) is 4.70. The molecule has 31 heavy (non-hydrogen) atoms. The predicted molar refractivity (Wildman–Crippen MR) is 119 cm³/mol. The van der Waals surface area contributed by atoms with E-state index in [-0.39, 0.29) is 22.0 Å². The van der Waals surface area contributed by atoms with Gasteiger partial charge in [0.05, 0.1) is 26.4 Å². The fraction of sp³-hybridized carbons (Fsp3) is 0.0909. The summed E-state index contributed by atoms with van der Waals surface area (Å²) in [6.45, 7) is 1.86. The first kappa shape index (κ1) is 21.0. The second-order valence-corrected chi connectivity index (χ2v) is 9.63. The third-order valence-corrected chi connectivity index (χ3v) is 7.18. The minimum Gasteiger partial charge on any atom is -0.319 e. The SMILES string of the molecule is Cc1ccc(S(=O)(=O)Nc2ccccc2C(=O)N=c2sc3cc(F)ccc3n2C)cc1. The van der Waals surface area contributed by atoms with Gasteiger partial charge in [0.25, 0.3) is 15.9 Å². The lowest BCUT2D eigenvalue weighted by Crippen LogP contribution is -2.17. The van der Waals surface area contributed by atoms with Gasteiger partial charge in [0.1, 0.15) is 5.82 Å². The standard InChI is InChI=1S/C22H18FN3O3S2/c1-14-7-10-16(11-8-14)31(28,29)25-18-6-4-3-5-17(18)21(27)24-22-26(2)19-12-9-15(23)13-20(19)30-22/h3-13,25H,1-2H3. The van der Waals surface area contributed by atoms with Gasteiger partial charge in [-0.15, -0.1) is 0 Å². The number of rotatable bonds is 4. The molecule has 1 aromatic heterocycles. The molecule has 0 bridgehead atoms. The van der Waals surface area contributed by atoms with Crippen molar-refractivity contribution in [1.29, 1.82) is 0 Å². The van der Waals surface area contributed by atoms with Gasteiger partial charge < -0.3 is 4.57 Å². The van der Waals surface area contributed by atoms with Crippen LogP contribution in [0.1, 0.15) is 15.9 Å². The molecule has 4 aromatic rings. The molecule has 1 N–H and O–H groups in total. The maximum absolute atomic E-state index is 13.5. The molecular formula is C22H18FN3O3S2. The van der Waals surface area contributed by atoms with Crippen LogP contribution in [-0.2, 0) is 17.1 Å². The summed E-state index contributed by atoms with van der Waals surface area (Å²) in [5, 5.41) is 0. The molecule has 0 atom stereocenters. The van der Waals surface area contributed by atoms with Crippen LogP contribution in [0, 0.1) is 12.7 Å². The van der Waals surface area contributed by atoms with E-state index in [9.17, 15) is 17.6 Å². The van der Waals surface area contributed by atoms with Gasteiger partial charge in [-0.3, -0.25) is 9.52 Å². The zero-order chi connectivity index (χ0) is 22.2. The summed E-state index contributed by atoms with van der Waals surface area (Å²) >= 11 is 1.18. The van der Waals surface area contributed by atoms with Crippen LogP contribution in [0.25, 0.3) is 10.2 Å². The number of aryl methyl sites for hydroxylation is 2. The second kappa shape index (κ2) is 8.09. The van der Waals surface area contributed by atoms with Gasteiger partial charge in [0.15, 0.2) is 4.80 Å². The molecule has 3 aromatic carbocycles. The molecular weight excluding hydrogens is 437 g/mol. The Hall–Kier alpha value is -3.30. The number of carbonyl (C=O) groups excluding carboxylic acids is 1. The molecule has 1 heterocycles. The van der Waals surface area contributed by atoms with Crippen LogP contribution in [0.5, 0.6) is 0 Å². The molecule has 1 amide bonds. The topological polar surface area (TPSA) is 80.5 Å². The molecule has 6 nitrogen and oxygen atoms in total. The molecule has 0 saturated heterocycles. The van der Waals surface area contributed by atoms with Crippen LogP contribution in [0.3, 0.4) is 0 Å². The largest absolute Gasteiger partial charge is 0.319 e. The van der Waals surface area contributed by atoms with Crippen molar-refractivity contribution in [2.75, 3.05) is 4.72 Å². The number of carbonyl (C=O) groups is 1. The van der Waals surface area contributed by atoms with Crippen molar-refractivity contribution in [3.8, 4) is 0 Å². The zero-order valence-electron chi connectivity index (χ0n) is 16.7. The molecule has 0 aliphatic carbocycles. The fourth-order valence-corrected chi connectivity index (χ4v) is 5.16. The molecule has 158 valence electrons. The first-order valence-electron chi connectivity index (χ1n) is 9.27. The lowest BCUT2D eigenvalue weighted by molar-refractivity contribution is 0.0999. The molecule has 0 radical (unpaired) electrons. The Kier molecular flexibility index (Phi) is 5.47. The number of nitrogens with one attached hydrogen (secondary N) is 1. The number of para-hydroxylation sites is 1. The third kappa shape index (κ3) is 4.28. The lowest BCUT2D eigenvalue weighted by Gasteiger charge is -2.11. The summed E-state index contributed by atoms with van der Waals surface area (Å²) in [5.41, 5.74) is 1.92. The number of fused-ring (bicyclic) bond motifs is 1. The van der Waals surface area contributed by atoms with E-state index >= 15 is 0 Å². The Morgan fingerprint density at radius 3 is 2.52 bits per heavy atom. The van der Waals surface area contributed by atoms with E-state index in [4.69, 9.17) is 0 Å². The van der Waals surface area contributed by atoms with Gasteiger partial charge in [0.2, 0.25) is 0 Å². The van der Waals surface area contributed by atoms with Gasteiger partial charge >= 0.3 is 0 Å². The van der Waals surface area contributed by atoms with Crippen LogP contribution in [0.2, 0.25) is 0 Å². The van der Waals surface area contributed by atoms with Crippen molar-refractivity contribution >= 4 is 43.2 Å². The van der Waals surface area contributed by atoms with E-state index in [1.807, 2.05) is 6.92 Å². The molecule has 0 fully saturated rings. The van der Waals surface area contributed by atoms with Crippen LogP contribution in [0.15, 0.2) is 76.6 Å². The maximum atomic E-state index is 13.5. The van der Waals surface area contributed by atoms with E-state index in [1.165, 1.54) is 47.7 Å². The monoisotopic (exact) mass is 455 g/mol. The fourth-order valence-electron chi connectivity index (χ4n) is 3.04. The number of halogens is 1. The van der Waals surface area contributed by atoms with Crippen molar-refractivity contribution < 1.29 is 17.6 Å². The summed E-state index contributed by atoms with van der Waals surface area (Å²) in [4.78, 5) is 17.5. The number of anilines is 1. The summed E-state index contributed by atoms with van der Waals surface area (Å²) < 4.78 is 43.9. The molecule has 0 aliphatic rings. The zero-order valence-corrected chi connectivity index (χ0v) is 18.3. The number of thiazole rings is 1. The minimum absolute atomic E-state index is 0.0928. The van der Waals surface area contributed by atoms with E-state index in [1.54, 1.807) is 41.9 Å². The number of amides is 1.